The lowest BCUT2D eigenvalue weighted by molar-refractivity contribution is -0.140. The van der Waals surface area contributed by atoms with Crippen molar-refractivity contribution in [3.05, 3.63) is 41.5 Å². The third-order valence-electron chi connectivity index (χ3n) is 3.50. The molecule has 0 N–H and O–H groups in total. The summed E-state index contributed by atoms with van der Waals surface area (Å²) in [4.78, 5) is 24.0. The van der Waals surface area contributed by atoms with Crippen LogP contribution in [0.25, 0.3) is 0 Å². The lowest BCUT2D eigenvalue weighted by Crippen LogP contribution is -2.26. The predicted molar refractivity (Wildman–Crippen MR) is 75.0 cm³/mol. The molecule has 106 valence electrons. The minimum atomic E-state index is -0.796. The van der Waals surface area contributed by atoms with Gasteiger partial charge in [0.15, 0.2) is 6.10 Å². The Morgan fingerprint density at radius 2 is 2.15 bits per heavy atom. The van der Waals surface area contributed by atoms with Gasteiger partial charge in [-0.15, -0.1) is 6.58 Å². The standard InChI is InChI=1S/C16H18O4/c1-5-11-8-13(17)20-16(11)14(18)12-7-9(2)6-10(3)15(12)19-4/h5-7,11,16H,1,8H2,2-4H3/t11-,16-/m1/s1. The summed E-state index contributed by atoms with van der Waals surface area (Å²) in [5.74, 6) is -0.340. The number of benzene rings is 1. The molecule has 0 saturated carbocycles. The number of cyclic esters (lactones) is 1. The monoisotopic (exact) mass is 274 g/mol. The van der Waals surface area contributed by atoms with Crippen LogP contribution in [0.4, 0.5) is 0 Å². The van der Waals surface area contributed by atoms with Crippen LogP contribution in [0.1, 0.15) is 27.9 Å². The van der Waals surface area contributed by atoms with E-state index in [0.29, 0.717) is 11.3 Å². The summed E-state index contributed by atoms with van der Waals surface area (Å²) in [7, 11) is 1.53. The predicted octanol–water partition coefficient (Wildman–Crippen LogP) is 2.61. The molecule has 1 aromatic carbocycles. The molecular weight excluding hydrogens is 256 g/mol. The highest BCUT2D eigenvalue weighted by atomic mass is 16.6. The fraction of sp³-hybridized carbons (Fsp3) is 0.375. The number of rotatable bonds is 4. The fourth-order valence-electron chi connectivity index (χ4n) is 2.59. The number of hydrogen-bond donors (Lipinski definition) is 0. The van der Waals surface area contributed by atoms with Crippen molar-refractivity contribution < 1.29 is 19.1 Å². The molecule has 1 fully saturated rings. The molecule has 1 aliphatic heterocycles. The van der Waals surface area contributed by atoms with Crippen molar-refractivity contribution in [1.82, 2.24) is 0 Å². The van der Waals surface area contributed by atoms with Crippen molar-refractivity contribution in [2.45, 2.75) is 26.4 Å². The highest BCUT2D eigenvalue weighted by Gasteiger charge is 2.39. The number of methoxy groups -OCH3 is 1. The van der Waals surface area contributed by atoms with Gasteiger partial charge in [-0.1, -0.05) is 12.1 Å². The summed E-state index contributed by atoms with van der Waals surface area (Å²) in [6.45, 7) is 7.46. The van der Waals surface area contributed by atoms with Gasteiger partial charge in [-0.3, -0.25) is 9.59 Å². The van der Waals surface area contributed by atoms with E-state index < -0.39 is 6.10 Å². The Balaban J connectivity index is 2.43. The average Bonchev–Trinajstić information content (AvgIpc) is 2.78. The van der Waals surface area contributed by atoms with Crippen LogP contribution in [0.3, 0.4) is 0 Å². The van der Waals surface area contributed by atoms with E-state index in [9.17, 15) is 9.59 Å². The van der Waals surface area contributed by atoms with Gasteiger partial charge < -0.3 is 9.47 Å². The number of ether oxygens (including phenoxy) is 2. The summed E-state index contributed by atoms with van der Waals surface area (Å²) in [6, 6.07) is 3.71. The van der Waals surface area contributed by atoms with Crippen molar-refractivity contribution in [3.8, 4) is 5.75 Å². The van der Waals surface area contributed by atoms with Gasteiger partial charge in [-0.25, -0.2) is 0 Å². The minimum Gasteiger partial charge on any atom is -0.496 e. The average molecular weight is 274 g/mol. The van der Waals surface area contributed by atoms with Crippen molar-refractivity contribution in [2.24, 2.45) is 5.92 Å². The second kappa shape index (κ2) is 5.49. The molecule has 1 saturated heterocycles. The van der Waals surface area contributed by atoms with E-state index in [1.807, 2.05) is 19.9 Å². The zero-order valence-corrected chi connectivity index (χ0v) is 11.9. The first-order chi connectivity index (χ1) is 9.47. The lowest BCUT2D eigenvalue weighted by atomic mass is 9.92. The van der Waals surface area contributed by atoms with Crippen LogP contribution < -0.4 is 4.74 Å². The van der Waals surface area contributed by atoms with Crippen LogP contribution in [0.15, 0.2) is 24.8 Å². The quantitative estimate of drug-likeness (QED) is 0.481. The van der Waals surface area contributed by atoms with Crippen LogP contribution in [-0.4, -0.2) is 25.0 Å². The molecule has 2 atom stereocenters. The van der Waals surface area contributed by atoms with Gasteiger partial charge in [0.2, 0.25) is 5.78 Å². The molecule has 1 aromatic rings. The summed E-state index contributed by atoms with van der Waals surface area (Å²) >= 11 is 0. The molecule has 0 aliphatic carbocycles. The maximum atomic E-state index is 12.6. The molecule has 0 bridgehead atoms. The van der Waals surface area contributed by atoms with Crippen LogP contribution >= 0.6 is 0 Å². The Hall–Kier alpha value is -2.10. The molecule has 0 amide bonds. The Bertz CT molecular complexity index is 574. The van der Waals surface area contributed by atoms with Crippen LogP contribution in [0, 0.1) is 19.8 Å². The Morgan fingerprint density at radius 3 is 2.75 bits per heavy atom. The van der Waals surface area contributed by atoms with Gasteiger partial charge in [-0.2, -0.15) is 0 Å². The number of Topliss-reactive ketones (excluding diaryl/α,β-unsaturated/α-hetero) is 1. The van der Waals surface area contributed by atoms with Gasteiger partial charge in [0.25, 0.3) is 0 Å². The van der Waals surface area contributed by atoms with Crippen LogP contribution in [0.5, 0.6) is 5.75 Å². The van der Waals surface area contributed by atoms with E-state index in [1.54, 1.807) is 12.1 Å². The van der Waals surface area contributed by atoms with Gasteiger partial charge in [0.05, 0.1) is 19.1 Å². The van der Waals surface area contributed by atoms with Crippen LogP contribution in [-0.2, 0) is 9.53 Å². The molecule has 4 nitrogen and oxygen atoms in total. The van der Waals surface area contributed by atoms with Crippen molar-refractivity contribution in [1.29, 1.82) is 0 Å². The molecule has 0 unspecified atom stereocenters. The number of esters is 1. The van der Waals surface area contributed by atoms with Crippen molar-refractivity contribution in [3.63, 3.8) is 0 Å². The van der Waals surface area contributed by atoms with E-state index in [4.69, 9.17) is 9.47 Å². The largest absolute Gasteiger partial charge is 0.496 e. The normalized spacial score (nSPS) is 21.4. The van der Waals surface area contributed by atoms with Crippen molar-refractivity contribution in [2.75, 3.05) is 7.11 Å². The zero-order chi connectivity index (χ0) is 14.9. The highest BCUT2D eigenvalue weighted by Crippen LogP contribution is 2.31. The molecule has 0 radical (unpaired) electrons. The molecule has 20 heavy (non-hydrogen) atoms. The molecule has 1 aliphatic rings. The molecule has 0 spiro atoms. The topological polar surface area (TPSA) is 52.6 Å². The first-order valence-corrected chi connectivity index (χ1v) is 6.49. The number of aryl methyl sites for hydroxylation is 2. The molecule has 2 rings (SSSR count). The first kappa shape index (κ1) is 14.3. The second-order valence-electron chi connectivity index (χ2n) is 5.04. The van der Waals surface area contributed by atoms with Gasteiger partial charge in [-0.05, 0) is 31.0 Å². The van der Waals surface area contributed by atoms with E-state index >= 15 is 0 Å². The number of carbonyl (C=O) groups excluding carboxylic acids is 2. The number of carbonyl (C=O) groups is 2. The molecule has 0 aromatic heterocycles. The first-order valence-electron chi connectivity index (χ1n) is 6.49. The van der Waals surface area contributed by atoms with Gasteiger partial charge in [0.1, 0.15) is 5.75 Å². The summed E-state index contributed by atoms with van der Waals surface area (Å²) < 4.78 is 10.5. The molecule has 1 heterocycles. The third kappa shape index (κ3) is 2.46. The van der Waals surface area contributed by atoms with Crippen molar-refractivity contribution >= 4 is 11.8 Å². The summed E-state index contributed by atoms with van der Waals surface area (Å²) in [5, 5.41) is 0. The van der Waals surface area contributed by atoms with E-state index in [-0.39, 0.29) is 24.1 Å². The molecule has 4 heteroatoms. The van der Waals surface area contributed by atoms with E-state index in [1.165, 1.54) is 7.11 Å². The van der Waals surface area contributed by atoms with Gasteiger partial charge in [0, 0.05) is 5.92 Å². The fourth-order valence-corrected chi connectivity index (χ4v) is 2.59. The smallest absolute Gasteiger partial charge is 0.307 e. The van der Waals surface area contributed by atoms with E-state index in [2.05, 4.69) is 6.58 Å². The Labute approximate surface area is 118 Å². The summed E-state index contributed by atoms with van der Waals surface area (Å²) in [6.07, 6.45) is 1.01. The number of ketones is 1. The van der Waals surface area contributed by atoms with E-state index in [0.717, 1.165) is 11.1 Å². The molecular formula is C16H18O4. The Morgan fingerprint density at radius 1 is 1.45 bits per heavy atom. The third-order valence-corrected chi connectivity index (χ3v) is 3.50. The van der Waals surface area contributed by atoms with Crippen LogP contribution in [0.2, 0.25) is 0 Å². The summed E-state index contributed by atoms with van der Waals surface area (Å²) in [5.41, 5.74) is 2.30. The maximum absolute atomic E-state index is 12.6. The maximum Gasteiger partial charge on any atom is 0.307 e. The lowest BCUT2D eigenvalue weighted by Gasteiger charge is -2.17. The second-order valence-corrected chi connectivity index (χ2v) is 5.04. The SMILES string of the molecule is C=C[C@@H]1CC(=O)O[C@H]1C(=O)c1cc(C)cc(C)c1OC. The highest BCUT2D eigenvalue weighted by molar-refractivity contribution is 6.04. The Kier molecular flexibility index (Phi) is 3.93. The van der Waals surface area contributed by atoms with Gasteiger partial charge >= 0.3 is 5.97 Å². The number of hydrogen-bond acceptors (Lipinski definition) is 4. The minimum absolute atomic E-state index is 0.201. The zero-order valence-electron chi connectivity index (χ0n) is 11.9.